The Morgan fingerprint density at radius 3 is 2.61 bits per heavy atom. The Morgan fingerprint density at radius 1 is 1.44 bits per heavy atom. The molecule has 0 saturated heterocycles. The Balaban J connectivity index is 2.43. The molecule has 1 unspecified atom stereocenters. The number of carbonyl (C=O) groups is 1. The highest BCUT2D eigenvalue weighted by Crippen LogP contribution is 2.13. The highest BCUT2D eigenvalue weighted by molar-refractivity contribution is 9.10. The van der Waals surface area contributed by atoms with Gasteiger partial charge in [0.15, 0.2) is 6.10 Å². The molecular formula is C13H18BrNO3. The van der Waals surface area contributed by atoms with Gasteiger partial charge >= 0.3 is 5.97 Å². The highest BCUT2D eigenvalue weighted by atomic mass is 79.9. The first-order valence-electron chi connectivity index (χ1n) is 5.87. The van der Waals surface area contributed by atoms with Gasteiger partial charge in [0.25, 0.3) is 0 Å². The van der Waals surface area contributed by atoms with Gasteiger partial charge in [-0.15, -0.1) is 0 Å². The Labute approximate surface area is 115 Å². The van der Waals surface area contributed by atoms with Crippen LogP contribution < -0.4 is 5.73 Å². The third kappa shape index (κ3) is 5.16. The van der Waals surface area contributed by atoms with Gasteiger partial charge in [-0.25, -0.2) is 4.79 Å². The fourth-order valence-corrected chi connectivity index (χ4v) is 1.89. The van der Waals surface area contributed by atoms with Crippen molar-refractivity contribution in [1.82, 2.24) is 0 Å². The molecule has 4 nitrogen and oxygen atoms in total. The number of esters is 1. The number of rotatable bonds is 6. The summed E-state index contributed by atoms with van der Waals surface area (Å²) in [4.78, 5) is 11.2. The van der Waals surface area contributed by atoms with E-state index in [9.17, 15) is 9.90 Å². The normalized spacial score (nSPS) is 14.0. The molecule has 1 rings (SSSR count). The standard InChI is InChI=1S/C13H18BrNO3/c1-2-18-13(17)12(16)8-11(15)7-9-3-5-10(14)6-4-9/h3-6,11-12,16H,2,7-8,15H2,1H3/t11?,12-/m1/s1. The molecule has 1 aromatic rings. The summed E-state index contributed by atoms with van der Waals surface area (Å²) in [5.41, 5.74) is 6.97. The van der Waals surface area contributed by atoms with Gasteiger partial charge in [0.1, 0.15) is 0 Å². The van der Waals surface area contributed by atoms with E-state index in [1.165, 1.54) is 0 Å². The van der Waals surface area contributed by atoms with Crippen LogP contribution in [0, 0.1) is 0 Å². The predicted molar refractivity (Wildman–Crippen MR) is 73.1 cm³/mol. The van der Waals surface area contributed by atoms with Crippen molar-refractivity contribution in [3.05, 3.63) is 34.3 Å². The lowest BCUT2D eigenvalue weighted by Crippen LogP contribution is -2.33. The zero-order valence-corrected chi connectivity index (χ0v) is 11.9. The minimum Gasteiger partial charge on any atom is -0.464 e. The first-order chi connectivity index (χ1) is 8.52. The van der Waals surface area contributed by atoms with E-state index in [1.807, 2.05) is 24.3 Å². The Morgan fingerprint density at radius 2 is 2.06 bits per heavy atom. The first kappa shape index (κ1) is 15.1. The van der Waals surface area contributed by atoms with E-state index in [1.54, 1.807) is 6.92 Å². The van der Waals surface area contributed by atoms with E-state index in [-0.39, 0.29) is 19.1 Å². The van der Waals surface area contributed by atoms with Crippen LogP contribution in [-0.2, 0) is 16.0 Å². The average molecular weight is 316 g/mol. The van der Waals surface area contributed by atoms with Crippen molar-refractivity contribution in [2.24, 2.45) is 5.73 Å². The van der Waals surface area contributed by atoms with Crippen molar-refractivity contribution in [2.45, 2.75) is 31.9 Å². The molecule has 0 radical (unpaired) electrons. The third-order valence-corrected chi connectivity index (χ3v) is 3.02. The maximum absolute atomic E-state index is 11.2. The number of aliphatic hydroxyl groups excluding tert-OH is 1. The number of halogens is 1. The van der Waals surface area contributed by atoms with Crippen LogP contribution in [0.25, 0.3) is 0 Å². The molecule has 0 aromatic heterocycles. The number of benzene rings is 1. The van der Waals surface area contributed by atoms with Gasteiger partial charge in [-0.05, 0) is 37.5 Å². The van der Waals surface area contributed by atoms with Crippen LogP contribution >= 0.6 is 15.9 Å². The van der Waals surface area contributed by atoms with Gasteiger partial charge in [-0.1, -0.05) is 28.1 Å². The molecular weight excluding hydrogens is 298 g/mol. The van der Waals surface area contributed by atoms with Gasteiger partial charge in [0.05, 0.1) is 6.61 Å². The van der Waals surface area contributed by atoms with Crippen molar-refractivity contribution in [3.8, 4) is 0 Å². The maximum atomic E-state index is 11.2. The number of nitrogens with two attached hydrogens (primary N) is 1. The van der Waals surface area contributed by atoms with E-state index < -0.39 is 12.1 Å². The fraction of sp³-hybridized carbons (Fsp3) is 0.462. The van der Waals surface area contributed by atoms with Gasteiger partial charge in [-0.3, -0.25) is 0 Å². The van der Waals surface area contributed by atoms with E-state index in [4.69, 9.17) is 10.5 Å². The third-order valence-electron chi connectivity index (χ3n) is 2.50. The molecule has 0 amide bonds. The Bertz CT molecular complexity index is 380. The summed E-state index contributed by atoms with van der Waals surface area (Å²) in [6, 6.07) is 7.51. The van der Waals surface area contributed by atoms with E-state index >= 15 is 0 Å². The molecule has 0 aliphatic rings. The maximum Gasteiger partial charge on any atom is 0.335 e. The topological polar surface area (TPSA) is 72.5 Å². The lowest BCUT2D eigenvalue weighted by molar-refractivity contribution is -0.153. The van der Waals surface area contributed by atoms with Crippen molar-refractivity contribution in [1.29, 1.82) is 0 Å². The van der Waals surface area contributed by atoms with Crippen molar-refractivity contribution < 1.29 is 14.6 Å². The lowest BCUT2D eigenvalue weighted by Gasteiger charge is -2.15. The van der Waals surface area contributed by atoms with Gasteiger partial charge in [0.2, 0.25) is 0 Å². The number of hydrogen-bond acceptors (Lipinski definition) is 4. The van der Waals surface area contributed by atoms with E-state index in [0.29, 0.717) is 6.42 Å². The first-order valence-corrected chi connectivity index (χ1v) is 6.67. The molecule has 0 spiro atoms. The second-order valence-electron chi connectivity index (χ2n) is 4.09. The number of hydrogen-bond donors (Lipinski definition) is 2. The summed E-state index contributed by atoms with van der Waals surface area (Å²) < 4.78 is 5.73. The van der Waals surface area contributed by atoms with Crippen LogP contribution in [0.4, 0.5) is 0 Å². The molecule has 1 aromatic carbocycles. The lowest BCUT2D eigenvalue weighted by atomic mass is 10.0. The highest BCUT2D eigenvalue weighted by Gasteiger charge is 2.19. The average Bonchev–Trinajstić information content (AvgIpc) is 2.32. The SMILES string of the molecule is CCOC(=O)[C@H](O)CC(N)Cc1ccc(Br)cc1. The molecule has 0 bridgehead atoms. The molecule has 0 heterocycles. The summed E-state index contributed by atoms with van der Waals surface area (Å²) in [5.74, 6) is -0.608. The molecule has 2 atom stereocenters. The molecule has 3 N–H and O–H groups in total. The smallest absolute Gasteiger partial charge is 0.335 e. The summed E-state index contributed by atoms with van der Waals surface area (Å²) in [6.45, 7) is 1.96. The van der Waals surface area contributed by atoms with Crippen LogP contribution in [0.5, 0.6) is 0 Å². The molecule has 100 valence electrons. The fourth-order valence-electron chi connectivity index (χ4n) is 1.63. The van der Waals surface area contributed by atoms with Gasteiger partial charge in [-0.2, -0.15) is 0 Å². The van der Waals surface area contributed by atoms with Crippen LogP contribution in [0.1, 0.15) is 18.9 Å². The van der Waals surface area contributed by atoms with Crippen molar-refractivity contribution in [2.75, 3.05) is 6.61 Å². The van der Waals surface area contributed by atoms with Gasteiger partial charge < -0.3 is 15.6 Å². The second-order valence-corrected chi connectivity index (χ2v) is 5.01. The molecule has 0 aliphatic heterocycles. The summed E-state index contributed by atoms with van der Waals surface area (Å²) in [6.07, 6.45) is -0.325. The molecule has 18 heavy (non-hydrogen) atoms. The molecule has 0 saturated carbocycles. The van der Waals surface area contributed by atoms with Crippen LogP contribution in [0.3, 0.4) is 0 Å². The summed E-state index contributed by atoms with van der Waals surface area (Å²) >= 11 is 3.36. The molecule has 0 aliphatic carbocycles. The molecule has 0 fully saturated rings. The Kier molecular flexibility index (Phi) is 6.32. The minimum atomic E-state index is -1.14. The number of carbonyl (C=O) groups excluding carboxylic acids is 1. The summed E-state index contributed by atoms with van der Waals surface area (Å²) in [5, 5.41) is 9.58. The monoisotopic (exact) mass is 315 g/mol. The zero-order valence-electron chi connectivity index (χ0n) is 10.3. The van der Waals surface area contributed by atoms with Gasteiger partial charge in [0, 0.05) is 10.5 Å². The van der Waals surface area contributed by atoms with Crippen LogP contribution in [-0.4, -0.2) is 29.8 Å². The van der Waals surface area contributed by atoms with Crippen molar-refractivity contribution >= 4 is 21.9 Å². The quantitative estimate of drug-likeness (QED) is 0.783. The van der Waals surface area contributed by atoms with E-state index in [2.05, 4.69) is 15.9 Å². The second kappa shape index (κ2) is 7.51. The predicted octanol–water partition coefficient (Wildman–Crippen LogP) is 1.63. The number of ether oxygens (including phenoxy) is 1. The Hall–Kier alpha value is -0.910. The van der Waals surface area contributed by atoms with Crippen molar-refractivity contribution in [3.63, 3.8) is 0 Å². The molecule has 5 heteroatoms. The van der Waals surface area contributed by atoms with Crippen LogP contribution in [0.2, 0.25) is 0 Å². The largest absolute Gasteiger partial charge is 0.464 e. The zero-order chi connectivity index (χ0) is 13.5. The number of aliphatic hydroxyl groups is 1. The van der Waals surface area contributed by atoms with E-state index in [0.717, 1.165) is 10.0 Å². The summed E-state index contributed by atoms with van der Waals surface area (Å²) in [7, 11) is 0. The van der Waals surface area contributed by atoms with Crippen LogP contribution in [0.15, 0.2) is 28.7 Å². The minimum absolute atomic E-state index is 0.203.